The van der Waals surface area contributed by atoms with Gasteiger partial charge in [-0.25, -0.2) is 4.39 Å². The van der Waals surface area contributed by atoms with E-state index in [1.54, 1.807) is 0 Å². The fourth-order valence-electron chi connectivity index (χ4n) is 1.35. The first kappa shape index (κ1) is 13.4. The molecule has 1 unspecified atom stereocenters. The molecule has 1 atom stereocenters. The molecule has 0 saturated heterocycles. The molecule has 0 radical (unpaired) electrons. The Morgan fingerprint density at radius 3 is 2.94 bits per heavy atom. The third kappa shape index (κ3) is 3.72. The summed E-state index contributed by atoms with van der Waals surface area (Å²) in [6, 6.07) is 3.89. The van der Waals surface area contributed by atoms with Crippen LogP contribution in [0.25, 0.3) is 0 Å². The van der Waals surface area contributed by atoms with E-state index in [1.807, 2.05) is 6.92 Å². The molecular formula is C11H16ClFN2O. The predicted molar refractivity (Wildman–Crippen MR) is 62.6 cm³/mol. The van der Waals surface area contributed by atoms with Crippen LogP contribution in [0.15, 0.2) is 18.2 Å². The van der Waals surface area contributed by atoms with Crippen LogP contribution in [0.3, 0.4) is 0 Å². The second-order valence-electron chi connectivity index (χ2n) is 3.46. The molecule has 1 aromatic carbocycles. The highest BCUT2D eigenvalue weighted by molar-refractivity contribution is 6.31. The minimum absolute atomic E-state index is 0.297. The lowest BCUT2D eigenvalue weighted by Crippen LogP contribution is -2.31. The monoisotopic (exact) mass is 246 g/mol. The van der Waals surface area contributed by atoms with Crippen LogP contribution < -0.4 is 11.3 Å². The lowest BCUT2D eigenvalue weighted by molar-refractivity contribution is 0.112. The van der Waals surface area contributed by atoms with Crippen LogP contribution in [0.5, 0.6) is 0 Å². The van der Waals surface area contributed by atoms with Crippen LogP contribution in [0.2, 0.25) is 5.02 Å². The van der Waals surface area contributed by atoms with Crippen molar-refractivity contribution in [2.45, 2.75) is 19.4 Å². The highest BCUT2D eigenvalue weighted by atomic mass is 35.5. The van der Waals surface area contributed by atoms with Gasteiger partial charge in [0.05, 0.1) is 12.6 Å². The fraction of sp³-hybridized carbons (Fsp3) is 0.455. The van der Waals surface area contributed by atoms with Crippen LogP contribution >= 0.6 is 11.6 Å². The van der Waals surface area contributed by atoms with Gasteiger partial charge in [-0.3, -0.25) is 11.3 Å². The third-order valence-corrected chi connectivity index (χ3v) is 2.51. The zero-order valence-corrected chi connectivity index (χ0v) is 9.93. The summed E-state index contributed by atoms with van der Waals surface area (Å²) >= 11 is 5.96. The number of rotatable bonds is 6. The van der Waals surface area contributed by atoms with Gasteiger partial charge in [-0.15, -0.1) is 0 Å². The van der Waals surface area contributed by atoms with Crippen LogP contribution in [0.4, 0.5) is 4.39 Å². The minimum Gasteiger partial charge on any atom is -0.379 e. The van der Waals surface area contributed by atoms with Gasteiger partial charge in [-0.1, -0.05) is 18.5 Å². The normalized spacial score (nSPS) is 12.8. The van der Waals surface area contributed by atoms with E-state index in [0.29, 0.717) is 23.8 Å². The van der Waals surface area contributed by atoms with Crippen molar-refractivity contribution in [2.75, 3.05) is 13.2 Å². The molecule has 0 saturated carbocycles. The predicted octanol–water partition coefficient (Wildman–Crippen LogP) is 2.41. The smallest absolute Gasteiger partial charge is 0.123 e. The second kappa shape index (κ2) is 6.81. The van der Waals surface area contributed by atoms with Crippen molar-refractivity contribution in [2.24, 2.45) is 5.84 Å². The van der Waals surface area contributed by atoms with Gasteiger partial charge in [-0.2, -0.15) is 0 Å². The first-order valence-corrected chi connectivity index (χ1v) is 5.55. The van der Waals surface area contributed by atoms with E-state index in [4.69, 9.17) is 22.2 Å². The lowest BCUT2D eigenvalue weighted by atomic mass is 10.1. The Balaban J connectivity index is 2.73. The number of nitrogens with one attached hydrogen (secondary N) is 1. The van der Waals surface area contributed by atoms with Crippen molar-refractivity contribution < 1.29 is 9.13 Å². The average molecular weight is 247 g/mol. The number of hydrogen-bond acceptors (Lipinski definition) is 3. The van der Waals surface area contributed by atoms with Crippen LogP contribution in [-0.4, -0.2) is 13.2 Å². The third-order valence-electron chi connectivity index (χ3n) is 2.17. The Morgan fingerprint density at radius 2 is 2.31 bits per heavy atom. The van der Waals surface area contributed by atoms with Crippen molar-refractivity contribution in [3.8, 4) is 0 Å². The van der Waals surface area contributed by atoms with E-state index in [-0.39, 0.29) is 11.9 Å². The van der Waals surface area contributed by atoms with Crippen LogP contribution in [-0.2, 0) is 4.74 Å². The fourth-order valence-corrected chi connectivity index (χ4v) is 1.60. The van der Waals surface area contributed by atoms with Crippen molar-refractivity contribution >= 4 is 11.6 Å². The summed E-state index contributed by atoms with van der Waals surface area (Å²) in [5.41, 5.74) is 3.18. The first-order chi connectivity index (χ1) is 7.69. The molecule has 0 aliphatic heterocycles. The van der Waals surface area contributed by atoms with E-state index in [1.165, 1.54) is 18.2 Å². The van der Waals surface area contributed by atoms with Gasteiger partial charge in [0.1, 0.15) is 5.82 Å². The van der Waals surface area contributed by atoms with Gasteiger partial charge < -0.3 is 4.74 Å². The Hall–Kier alpha value is -0.680. The molecule has 1 aromatic rings. The summed E-state index contributed by atoms with van der Waals surface area (Å²) in [5, 5.41) is 0.476. The van der Waals surface area contributed by atoms with Crippen molar-refractivity contribution in [1.82, 2.24) is 5.43 Å². The number of hydrazine groups is 1. The zero-order valence-electron chi connectivity index (χ0n) is 9.17. The maximum Gasteiger partial charge on any atom is 0.123 e. The van der Waals surface area contributed by atoms with E-state index >= 15 is 0 Å². The van der Waals surface area contributed by atoms with Crippen LogP contribution in [0, 0.1) is 5.82 Å². The molecule has 90 valence electrons. The molecule has 0 spiro atoms. The van der Waals surface area contributed by atoms with Crippen molar-refractivity contribution in [3.05, 3.63) is 34.6 Å². The minimum atomic E-state index is -0.338. The molecule has 0 amide bonds. The van der Waals surface area contributed by atoms with E-state index < -0.39 is 0 Å². The largest absolute Gasteiger partial charge is 0.379 e. The lowest BCUT2D eigenvalue weighted by Gasteiger charge is -2.17. The zero-order chi connectivity index (χ0) is 12.0. The van der Waals surface area contributed by atoms with Gasteiger partial charge >= 0.3 is 0 Å². The number of hydrogen-bond donors (Lipinski definition) is 2. The molecule has 16 heavy (non-hydrogen) atoms. The molecule has 1 rings (SSSR count). The summed E-state index contributed by atoms with van der Waals surface area (Å²) in [5.74, 6) is 5.06. The summed E-state index contributed by atoms with van der Waals surface area (Å²) < 4.78 is 18.4. The average Bonchev–Trinajstić information content (AvgIpc) is 2.28. The maximum absolute atomic E-state index is 13.1. The van der Waals surface area contributed by atoms with Gasteiger partial charge in [0.2, 0.25) is 0 Å². The highest BCUT2D eigenvalue weighted by Crippen LogP contribution is 2.23. The molecule has 0 heterocycles. The summed E-state index contributed by atoms with van der Waals surface area (Å²) in [7, 11) is 0. The summed E-state index contributed by atoms with van der Waals surface area (Å²) in [4.78, 5) is 0. The van der Waals surface area contributed by atoms with E-state index in [9.17, 15) is 4.39 Å². The number of nitrogens with two attached hydrogens (primary N) is 1. The number of halogens is 2. The standard InChI is InChI=1S/C11H16ClFN2O/c1-2-5-16-7-11(15-14)9-6-8(13)3-4-10(9)12/h3-4,6,11,15H,2,5,7,14H2,1H3. The Kier molecular flexibility index (Phi) is 5.69. The molecule has 0 aliphatic carbocycles. The molecule has 5 heteroatoms. The molecule has 0 aliphatic rings. The Morgan fingerprint density at radius 1 is 1.56 bits per heavy atom. The van der Waals surface area contributed by atoms with E-state index in [0.717, 1.165) is 6.42 Å². The van der Waals surface area contributed by atoms with Gasteiger partial charge in [0, 0.05) is 11.6 Å². The first-order valence-electron chi connectivity index (χ1n) is 5.17. The number of ether oxygens (including phenoxy) is 1. The van der Waals surface area contributed by atoms with Crippen LogP contribution in [0.1, 0.15) is 24.9 Å². The second-order valence-corrected chi connectivity index (χ2v) is 3.87. The summed E-state index contributed by atoms with van der Waals surface area (Å²) in [6.45, 7) is 3.03. The Bertz CT molecular complexity index is 336. The maximum atomic E-state index is 13.1. The van der Waals surface area contributed by atoms with Gasteiger partial charge in [-0.05, 0) is 30.2 Å². The topological polar surface area (TPSA) is 47.3 Å². The molecule has 0 aromatic heterocycles. The SMILES string of the molecule is CCCOCC(NN)c1cc(F)ccc1Cl. The Labute approximate surface area is 99.7 Å². The van der Waals surface area contributed by atoms with Crippen molar-refractivity contribution in [3.63, 3.8) is 0 Å². The molecule has 0 fully saturated rings. The molecule has 0 bridgehead atoms. The number of benzene rings is 1. The quantitative estimate of drug-likeness (QED) is 0.460. The molecule has 3 nitrogen and oxygen atoms in total. The highest BCUT2D eigenvalue weighted by Gasteiger charge is 2.14. The van der Waals surface area contributed by atoms with Gasteiger partial charge in [0.15, 0.2) is 0 Å². The van der Waals surface area contributed by atoms with E-state index in [2.05, 4.69) is 5.43 Å². The van der Waals surface area contributed by atoms with Gasteiger partial charge in [0.25, 0.3) is 0 Å². The van der Waals surface area contributed by atoms with Crippen molar-refractivity contribution in [1.29, 1.82) is 0 Å². The molecule has 3 N–H and O–H groups in total. The molecular weight excluding hydrogens is 231 g/mol. The summed E-state index contributed by atoms with van der Waals surface area (Å²) in [6.07, 6.45) is 0.925.